The topological polar surface area (TPSA) is 57.7 Å². The van der Waals surface area contributed by atoms with Crippen LogP contribution in [0.3, 0.4) is 0 Å². The third-order valence-electron chi connectivity index (χ3n) is 3.74. The number of pyridine rings is 1. The van der Waals surface area contributed by atoms with Crippen molar-refractivity contribution in [1.29, 1.82) is 0 Å². The Bertz CT molecular complexity index is 755. The lowest BCUT2D eigenvalue weighted by Gasteiger charge is -2.08. The third kappa shape index (κ3) is 3.74. The molecule has 0 amide bonds. The summed E-state index contributed by atoms with van der Waals surface area (Å²) in [5.74, 6) is 1.11. The number of ether oxygens (including phenoxy) is 3. The highest BCUT2D eigenvalue weighted by Gasteiger charge is 2.21. The average Bonchev–Trinajstić information content (AvgIpc) is 2.97. The van der Waals surface area contributed by atoms with Gasteiger partial charge in [0.15, 0.2) is 0 Å². The zero-order chi connectivity index (χ0) is 16.9. The van der Waals surface area contributed by atoms with Crippen molar-refractivity contribution < 1.29 is 19.0 Å². The van der Waals surface area contributed by atoms with E-state index in [1.165, 1.54) is 6.08 Å². The number of carbonyl (C=O) groups is 1. The van der Waals surface area contributed by atoms with E-state index in [2.05, 4.69) is 4.98 Å². The molecule has 3 rings (SSSR count). The van der Waals surface area contributed by atoms with E-state index in [0.717, 1.165) is 23.3 Å². The quantitative estimate of drug-likeness (QED) is 0.624. The first kappa shape index (κ1) is 16.1. The molecule has 0 bridgehead atoms. The Kier molecular flexibility index (Phi) is 4.79. The van der Waals surface area contributed by atoms with Gasteiger partial charge in [0.1, 0.15) is 24.2 Å². The minimum absolute atomic E-state index is 0.145. The fraction of sp³-hybridized carbons (Fsp3) is 0.263. The molecule has 124 valence electrons. The first-order chi connectivity index (χ1) is 11.7. The van der Waals surface area contributed by atoms with Gasteiger partial charge in [0.25, 0.3) is 0 Å². The van der Waals surface area contributed by atoms with Gasteiger partial charge in [-0.1, -0.05) is 6.07 Å². The zero-order valence-corrected chi connectivity index (χ0v) is 13.7. The molecule has 0 saturated carbocycles. The lowest BCUT2D eigenvalue weighted by atomic mass is 10.1. The number of rotatable bonds is 5. The molecule has 5 heteroatoms. The number of fused-ring (bicyclic) bond motifs is 1. The summed E-state index contributed by atoms with van der Waals surface area (Å²) < 4.78 is 16.3. The fourth-order valence-corrected chi connectivity index (χ4v) is 2.60. The van der Waals surface area contributed by atoms with Gasteiger partial charge in [-0.2, -0.15) is 0 Å². The highest BCUT2D eigenvalue weighted by atomic mass is 16.5. The molecule has 2 heterocycles. The van der Waals surface area contributed by atoms with Crippen LogP contribution in [0.25, 0.3) is 6.08 Å². The molecule has 0 saturated heterocycles. The largest absolute Gasteiger partial charge is 0.496 e. The summed E-state index contributed by atoms with van der Waals surface area (Å²) in [7, 11) is 1.61. The Morgan fingerprint density at radius 2 is 2.29 bits per heavy atom. The standard InChI is InChI=1S/C19H19NO4/c1-13-9-15-11-17(22-2)14(10-18(15)24-13)6-7-19(21)23-12-16-5-3-4-8-20-16/h3-8,10-11,13H,9,12H2,1-2H3/b7-6-/t13-/m0/s1. The van der Waals surface area contributed by atoms with Crippen LogP contribution in [0, 0.1) is 0 Å². The predicted molar refractivity (Wildman–Crippen MR) is 89.9 cm³/mol. The van der Waals surface area contributed by atoms with Gasteiger partial charge >= 0.3 is 5.97 Å². The lowest BCUT2D eigenvalue weighted by Crippen LogP contribution is -2.05. The van der Waals surface area contributed by atoms with E-state index in [1.807, 2.05) is 31.2 Å². The Balaban J connectivity index is 1.67. The molecule has 1 atom stereocenters. The van der Waals surface area contributed by atoms with Crippen molar-refractivity contribution in [2.45, 2.75) is 26.1 Å². The number of hydrogen-bond donors (Lipinski definition) is 0. The summed E-state index contributed by atoms with van der Waals surface area (Å²) in [6, 6.07) is 9.31. The molecule has 1 aromatic heterocycles. The van der Waals surface area contributed by atoms with Crippen LogP contribution >= 0.6 is 0 Å². The van der Waals surface area contributed by atoms with E-state index in [9.17, 15) is 4.79 Å². The van der Waals surface area contributed by atoms with E-state index < -0.39 is 5.97 Å². The van der Waals surface area contributed by atoms with Crippen LogP contribution in [-0.2, 0) is 22.6 Å². The fourth-order valence-electron chi connectivity index (χ4n) is 2.60. The molecule has 0 N–H and O–H groups in total. The summed E-state index contributed by atoms with van der Waals surface area (Å²) >= 11 is 0. The average molecular weight is 325 g/mol. The summed E-state index contributed by atoms with van der Waals surface area (Å²) in [6.07, 6.45) is 5.74. The van der Waals surface area contributed by atoms with E-state index in [0.29, 0.717) is 11.4 Å². The summed E-state index contributed by atoms with van der Waals surface area (Å²) in [5.41, 5.74) is 2.60. The predicted octanol–water partition coefficient (Wildman–Crippen LogP) is 3.17. The van der Waals surface area contributed by atoms with Gasteiger partial charge in [-0.3, -0.25) is 4.98 Å². The van der Waals surface area contributed by atoms with Crippen molar-refractivity contribution in [2.24, 2.45) is 0 Å². The number of hydrogen-bond acceptors (Lipinski definition) is 5. The molecule has 0 aliphatic carbocycles. The molecular formula is C19H19NO4. The highest BCUT2D eigenvalue weighted by molar-refractivity contribution is 5.87. The Morgan fingerprint density at radius 1 is 1.42 bits per heavy atom. The van der Waals surface area contributed by atoms with E-state index in [-0.39, 0.29) is 12.7 Å². The second-order valence-corrected chi connectivity index (χ2v) is 5.60. The molecule has 1 aliphatic heterocycles. The first-order valence-corrected chi connectivity index (χ1v) is 7.78. The van der Waals surface area contributed by atoms with Gasteiger partial charge in [0, 0.05) is 29.8 Å². The molecule has 5 nitrogen and oxygen atoms in total. The van der Waals surface area contributed by atoms with Crippen LogP contribution in [0.15, 0.2) is 42.6 Å². The van der Waals surface area contributed by atoms with Gasteiger partial charge in [-0.05, 0) is 37.3 Å². The number of methoxy groups -OCH3 is 1. The smallest absolute Gasteiger partial charge is 0.331 e. The number of nitrogens with zero attached hydrogens (tertiary/aromatic N) is 1. The highest BCUT2D eigenvalue weighted by Crippen LogP contribution is 2.35. The van der Waals surface area contributed by atoms with Crippen LogP contribution in [0.5, 0.6) is 11.5 Å². The summed E-state index contributed by atoms with van der Waals surface area (Å²) in [5, 5.41) is 0. The molecule has 0 radical (unpaired) electrons. The van der Waals surface area contributed by atoms with Gasteiger partial charge < -0.3 is 14.2 Å². The minimum atomic E-state index is -0.433. The Morgan fingerprint density at radius 3 is 3.04 bits per heavy atom. The molecular weight excluding hydrogens is 306 g/mol. The van der Waals surface area contributed by atoms with Crippen LogP contribution in [0.4, 0.5) is 0 Å². The van der Waals surface area contributed by atoms with Gasteiger partial charge in [-0.25, -0.2) is 4.79 Å². The molecule has 0 spiro atoms. The lowest BCUT2D eigenvalue weighted by molar-refractivity contribution is -0.139. The number of esters is 1. The molecule has 1 aliphatic rings. The number of benzene rings is 1. The van der Waals surface area contributed by atoms with Crippen molar-refractivity contribution in [3.63, 3.8) is 0 Å². The van der Waals surface area contributed by atoms with Gasteiger partial charge in [0.2, 0.25) is 0 Å². The Labute approximate surface area is 140 Å². The SMILES string of the molecule is COc1cc2c(cc1/C=C\C(=O)OCc1ccccn1)O[C@@H](C)C2. The molecule has 0 unspecified atom stereocenters. The third-order valence-corrected chi connectivity index (χ3v) is 3.74. The van der Waals surface area contributed by atoms with Crippen LogP contribution < -0.4 is 9.47 Å². The minimum Gasteiger partial charge on any atom is -0.496 e. The van der Waals surface area contributed by atoms with Crippen LogP contribution in [0.1, 0.15) is 23.7 Å². The van der Waals surface area contributed by atoms with E-state index in [1.54, 1.807) is 25.4 Å². The monoisotopic (exact) mass is 325 g/mol. The summed E-state index contributed by atoms with van der Waals surface area (Å²) in [6.45, 7) is 2.17. The molecule has 1 aromatic carbocycles. The normalized spacial score (nSPS) is 15.8. The van der Waals surface area contributed by atoms with Crippen molar-refractivity contribution in [3.05, 3.63) is 59.4 Å². The maximum atomic E-state index is 11.9. The molecule has 0 fully saturated rings. The molecule has 2 aromatic rings. The number of aromatic nitrogens is 1. The van der Waals surface area contributed by atoms with Gasteiger partial charge in [0.05, 0.1) is 12.8 Å². The van der Waals surface area contributed by atoms with E-state index in [4.69, 9.17) is 14.2 Å². The maximum Gasteiger partial charge on any atom is 0.331 e. The maximum absolute atomic E-state index is 11.9. The molecule has 24 heavy (non-hydrogen) atoms. The zero-order valence-electron chi connectivity index (χ0n) is 13.7. The number of carbonyl (C=O) groups excluding carboxylic acids is 1. The van der Waals surface area contributed by atoms with Gasteiger partial charge in [-0.15, -0.1) is 0 Å². The van der Waals surface area contributed by atoms with E-state index >= 15 is 0 Å². The van der Waals surface area contributed by atoms with Crippen LogP contribution in [0.2, 0.25) is 0 Å². The first-order valence-electron chi connectivity index (χ1n) is 7.78. The van der Waals surface area contributed by atoms with Crippen molar-refractivity contribution >= 4 is 12.0 Å². The van der Waals surface area contributed by atoms with Crippen molar-refractivity contribution in [2.75, 3.05) is 7.11 Å². The summed E-state index contributed by atoms with van der Waals surface area (Å²) in [4.78, 5) is 16.0. The van der Waals surface area contributed by atoms with Crippen molar-refractivity contribution in [1.82, 2.24) is 4.98 Å². The van der Waals surface area contributed by atoms with Crippen LogP contribution in [-0.4, -0.2) is 24.2 Å². The second kappa shape index (κ2) is 7.17. The van der Waals surface area contributed by atoms with Crippen molar-refractivity contribution in [3.8, 4) is 11.5 Å². The second-order valence-electron chi connectivity index (χ2n) is 5.60. The Hall–Kier alpha value is -2.82.